The van der Waals surface area contributed by atoms with Crippen LogP contribution in [0.3, 0.4) is 0 Å². The van der Waals surface area contributed by atoms with Crippen molar-refractivity contribution in [1.82, 2.24) is 39.0 Å². The van der Waals surface area contributed by atoms with Gasteiger partial charge in [-0.2, -0.15) is 9.97 Å². The molecule has 0 saturated heterocycles. The number of aryl methyl sites for hydroxylation is 2. The topological polar surface area (TPSA) is 281 Å². The molecule has 108 heavy (non-hydrogen) atoms. The number of aromatic amines is 2. The Balaban J connectivity index is 0.000000215. The van der Waals surface area contributed by atoms with E-state index in [-0.39, 0.29) is 87.4 Å². The highest BCUT2D eigenvalue weighted by Gasteiger charge is 2.53. The van der Waals surface area contributed by atoms with E-state index >= 15 is 0 Å². The van der Waals surface area contributed by atoms with Gasteiger partial charge in [-0.25, -0.2) is 9.97 Å². The van der Waals surface area contributed by atoms with Gasteiger partial charge in [0.25, 0.3) is 11.1 Å². The van der Waals surface area contributed by atoms with Gasteiger partial charge in [-0.1, -0.05) is 214 Å². The molecule has 0 radical (unpaired) electrons. The van der Waals surface area contributed by atoms with Crippen LogP contribution in [0, 0.1) is 37.5 Å². The van der Waals surface area contributed by atoms with E-state index in [1.165, 1.54) is 0 Å². The second-order valence-electron chi connectivity index (χ2n) is 32.5. The van der Waals surface area contributed by atoms with Crippen LogP contribution in [0.25, 0.3) is 22.3 Å². The molecule has 4 heterocycles. The highest BCUT2D eigenvalue weighted by Crippen LogP contribution is 2.50. The number of rotatable bonds is 24. The van der Waals surface area contributed by atoms with Gasteiger partial charge < -0.3 is 47.1 Å². The van der Waals surface area contributed by atoms with Gasteiger partial charge in [-0.3, -0.25) is 39.8 Å². The van der Waals surface area contributed by atoms with Crippen LogP contribution >= 0.6 is 0 Å². The summed E-state index contributed by atoms with van der Waals surface area (Å²) in [6.07, 6.45) is 0.875. The lowest BCUT2D eigenvalue weighted by Gasteiger charge is -2.41. The number of fused-ring (bicyclic) bond motifs is 2. The molecular weight excluding hydrogens is 1400 g/mol. The molecule has 0 spiro atoms. The first-order chi connectivity index (χ1) is 51.1. The third-order valence-electron chi connectivity index (χ3n) is 22.4. The Kier molecular flexibility index (Phi) is 23.7. The van der Waals surface area contributed by atoms with Crippen LogP contribution in [-0.4, -0.2) is 130 Å². The number of nitrogens with one attached hydrogen (secondary N) is 4. The molecule has 2 aliphatic rings. The molecule has 0 bridgehead atoms. The number of anilines is 2. The molecule has 2 unspecified atom stereocenters. The lowest BCUT2D eigenvalue weighted by Crippen LogP contribution is -2.49. The van der Waals surface area contributed by atoms with Crippen LogP contribution in [0.4, 0.5) is 11.9 Å². The maximum atomic E-state index is 13.2. The summed E-state index contributed by atoms with van der Waals surface area (Å²) in [6, 6.07) is 52.0. The standard InChI is InChI=1S/2C42H53N5O6Si/c1-26(2)38(49)45-40-44-37-34(39(50)46-40)43-25-47(37)33-23-28(36(35(33)48)53-54(8,9)41(4,5)6)24-52-42(29-13-11-10-12-14-29,30-17-15-27(3)16-18-30)31-19-21-32(51-7)22-20-31;1-26(2)38(49)45-40-44-37-34(39(50)46-40)43-25-47(37)33-23-28(35(48)36(33)53-54(8,9)41(4,5)6)24-52-42(29-13-11-10-12-14-29,30-17-15-27(3)16-18-30)31-19-21-32(51-7)22-20-31/h2*10-22,25-26,28,33,35-36,48H,23-24H2,1-9H3,(H2,44,45,46,49,50)/t28-,33-,35+,36-,42?;28-,33-,35-,36+,42?/m11/s1. The fraction of sp³-hybridized carbons (Fsp3) is 0.429. The molecule has 6 aromatic carbocycles. The van der Waals surface area contributed by atoms with Gasteiger partial charge in [-0.15, -0.1) is 0 Å². The number of methoxy groups -OCH3 is 2. The zero-order chi connectivity index (χ0) is 78.0. The quantitative estimate of drug-likeness (QED) is 0.0242. The summed E-state index contributed by atoms with van der Waals surface area (Å²) in [7, 11) is -1.57. The molecule has 10 atom stereocenters. The van der Waals surface area contributed by atoms with E-state index in [1.54, 1.807) is 59.1 Å². The predicted molar refractivity (Wildman–Crippen MR) is 427 cm³/mol. The number of H-pyrrole nitrogens is 2. The Morgan fingerprint density at radius 3 is 1.21 bits per heavy atom. The van der Waals surface area contributed by atoms with Gasteiger partial charge in [0, 0.05) is 23.7 Å². The second-order valence-corrected chi connectivity index (χ2v) is 42.0. The van der Waals surface area contributed by atoms with E-state index in [2.05, 4.69) is 195 Å². The molecule has 2 saturated carbocycles. The molecule has 2 amide bonds. The highest BCUT2D eigenvalue weighted by atomic mass is 28.4. The van der Waals surface area contributed by atoms with Crippen LogP contribution < -0.4 is 31.2 Å². The number of benzene rings is 6. The Hall–Kier alpha value is -9.25. The number of carbonyl (C=O) groups is 2. The zero-order valence-electron chi connectivity index (χ0n) is 65.4. The molecule has 6 N–H and O–H groups in total. The summed E-state index contributed by atoms with van der Waals surface area (Å²) in [5, 5.41) is 29.8. The minimum absolute atomic E-state index is 0.0274. The summed E-state index contributed by atoms with van der Waals surface area (Å²) >= 11 is 0. The van der Waals surface area contributed by atoms with Crippen molar-refractivity contribution in [2.45, 2.75) is 180 Å². The van der Waals surface area contributed by atoms with Crippen molar-refractivity contribution in [3.05, 3.63) is 236 Å². The summed E-state index contributed by atoms with van der Waals surface area (Å²) in [6.45, 7) is 33.3. The van der Waals surface area contributed by atoms with Gasteiger partial charge >= 0.3 is 0 Å². The lowest BCUT2D eigenvalue weighted by atomic mass is 9.79. The number of aromatic nitrogens is 8. The molecule has 2 fully saturated rings. The van der Waals surface area contributed by atoms with Crippen LogP contribution in [0.5, 0.6) is 11.5 Å². The van der Waals surface area contributed by atoms with E-state index < -0.39 is 75.5 Å². The normalized spacial score (nSPS) is 20.3. The average Bonchev–Trinajstić information content (AvgIpc) is 1.19. The number of ether oxygens (including phenoxy) is 4. The average molecular weight is 1500 g/mol. The van der Waals surface area contributed by atoms with Crippen LogP contribution in [0.1, 0.15) is 139 Å². The van der Waals surface area contributed by atoms with E-state index in [0.29, 0.717) is 18.5 Å². The first-order valence-electron chi connectivity index (χ1n) is 37.2. The number of carbonyl (C=O) groups excluding carboxylic acids is 2. The van der Waals surface area contributed by atoms with Crippen molar-refractivity contribution in [3.8, 4) is 11.5 Å². The number of amides is 2. The van der Waals surface area contributed by atoms with Crippen LogP contribution in [-0.2, 0) is 39.1 Å². The molecule has 0 aliphatic heterocycles. The van der Waals surface area contributed by atoms with E-state index in [4.69, 9.17) is 27.8 Å². The third-order valence-corrected chi connectivity index (χ3v) is 31.3. The first-order valence-corrected chi connectivity index (χ1v) is 43.0. The van der Waals surface area contributed by atoms with E-state index in [1.807, 2.05) is 89.5 Å². The SMILES string of the molecule is COc1ccc(C(OC[C@H]2C[C@@H](n3cnc4c(=O)[nH]c(NC(=O)C(C)C)nc43)[C@H](O)[C@@H]2O[Si](C)(C)C(C)(C)C)(c2ccccc2)c2ccc(C)cc2)cc1.COc1ccc(C(OC[C@H]2C[C@@H](n3cnc4c(=O)[nH]c(NC(=O)C(C)C)nc43)[C@H](O[Si](C)(C)C(C)(C)C)[C@@H]2O)(c2ccccc2)c2ccc(C)cc2)cc1. The fourth-order valence-corrected chi connectivity index (χ4v) is 16.6. The number of hydrogen-bond donors (Lipinski definition) is 6. The molecular formula is C84H106N10O12Si2. The minimum atomic E-state index is -2.44. The summed E-state index contributed by atoms with van der Waals surface area (Å²) in [5.74, 6) is -0.301. The van der Waals surface area contributed by atoms with Gasteiger partial charge in [-0.05, 0) is 121 Å². The minimum Gasteiger partial charge on any atom is -0.497 e. The van der Waals surface area contributed by atoms with E-state index in [0.717, 1.165) is 56.0 Å². The zero-order valence-corrected chi connectivity index (χ0v) is 67.4. The number of imidazole rings is 2. The van der Waals surface area contributed by atoms with Crippen molar-refractivity contribution in [2.75, 3.05) is 38.1 Å². The van der Waals surface area contributed by atoms with Gasteiger partial charge in [0.2, 0.25) is 23.7 Å². The number of hydrogen-bond acceptors (Lipinski definition) is 16. The smallest absolute Gasteiger partial charge is 0.280 e. The van der Waals surface area contributed by atoms with Crippen molar-refractivity contribution < 1.29 is 47.6 Å². The number of aliphatic hydroxyl groups is 2. The third kappa shape index (κ3) is 16.4. The predicted octanol–water partition coefficient (Wildman–Crippen LogP) is 14.7. The second kappa shape index (κ2) is 32.1. The maximum Gasteiger partial charge on any atom is 0.280 e. The van der Waals surface area contributed by atoms with Crippen molar-refractivity contribution >= 4 is 62.7 Å². The largest absolute Gasteiger partial charge is 0.497 e. The van der Waals surface area contributed by atoms with Gasteiger partial charge in [0.05, 0.1) is 70.5 Å². The Morgan fingerprint density at radius 2 is 0.843 bits per heavy atom. The van der Waals surface area contributed by atoms with Crippen LogP contribution in [0.2, 0.25) is 36.3 Å². The molecule has 10 aromatic rings. The fourth-order valence-electron chi connectivity index (χ4n) is 13.9. The Labute approximate surface area is 634 Å². The summed E-state index contributed by atoms with van der Waals surface area (Å²) in [4.78, 5) is 74.8. The highest BCUT2D eigenvalue weighted by molar-refractivity contribution is 6.74. The van der Waals surface area contributed by atoms with Crippen molar-refractivity contribution in [1.29, 1.82) is 0 Å². The monoisotopic (exact) mass is 1500 g/mol. The molecule has 22 nitrogen and oxygen atoms in total. The molecule has 12 rings (SSSR count). The summed E-state index contributed by atoms with van der Waals surface area (Å²) < 4.78 is 43.4. The summed E-state index contributed by atoms with van der Waals surface area (Å²) in [5.41, 5.74) is 5.72. The Morgan fingerprint density at radius 1 is 0.500 bits per heavy atom. The lowest BCUT2D eigenvalue weighted by molar-refractivity contribution is -0.119. The van der Waals surface area contributed by atoms with Gasteiger partial charge in [0.1, 0.15) is 28.8 Å². The first kappa shape index (κ1) is 79.8. The number of nitrogens with zero attached hydrogens (tertiary/aromatic N) is 6. The molecule has 24 heteroatoms. The van der Waals surface area contributed by atoms with Crippen LogP contribution in [0.15, 0.2) is 180 Å². The van der Waals surface area contributed by atoms with E-state index in [9.17, 15) is 29.4 Å². The van der Waals surface area contributed by atoms with Crippen molar-refractivity contribution in [2.24, 2.45) is 23.7 Å². The van der Waals surface area contributed by atoms with Gasteiger partial charge in [0.15, 0.2) is 39.0 Å². The maximum absolute atomic E-state index is 13.2. The number of aliphatic hydroxyl groups excluding tert-OH is 2. The van der Waals surface area contributed by atoms with Crippen molar-refractivity contribution in [3.63, 3.8) is 0 Å². The Bertz CT molecular complexity index is 4860. The molecule has 2 aliphatic carbocycles. The molecule has 572 valence electrons. The molecule has 4 aromatic heterocycles.